The minimum atomic E-state index is 0.190. The molecule has 0 aliphatic carbocycles. The highest BCUT2D eigenvalue weighted by atomic mass is 14.9. The number of rotatable bonds is 4. The Labute approximate surface area is 83.3 Å². The van der Waals surface area contributed by atoms with Crippen molar-refractivity contribution in [2.24, 2.45) is 5.41 Å². The summed E-state index contributed by atoms with van der Waals surface area (Å²) >= 11 is 0. The maximum absolute atomic E-state index is 5.20. The highest BCUT2D eigenvalue weighted by Crippen LogP contribution is 2.26. The molecule has 0 unspecified atom stereocenters. The van der Waals surface area contributed by atoms with E-state index >= 15 is 0 Å². The SMILES string of the molecule is C#CCCNC(C)(C)CC(C)(C)C. The lowest BCUT2D eigenvalue weighted by molar-refractivity contribution is 0.244. The molecule has 0 aromatic heterocycles. The Morgan fingerprint density at radius 3 is 2.08 bits per heavy atom. The molecule has 0 saturated carbocycles. The molecule has 0 atom stereocenters. The van der Waals surface area contributed by atoms with E-state index in [1.54, 1.807) is 0 Å². The predicted octanol–water partition coefficient (Wildman–Crippen LogP) is 2.81. The van der Waals surface area contributed by atoms with Crippen LogP contribution in [0.3, 0.4) is 0 Å². The minimum Gasteiger partial charge on any atom is -0.311 e. The van der Waals surface area contributed by atoms with Crippen molar-refractivity contribution in [3.8, 4) is 12.3 Å². The van der Waals surface area contributed by atoms with Gasteiger partial charge in [0.2, 0.25) is 0 Å². The summed E-state index contributed by atoms with van der Waals surface area (Å²) in [5, 5.41) is 3.47. The summed E-state index contributed by atoms with van der Waals surface area (Å²) in [7, 11) is 0. The largest absolute Gasteiger partial charge is 0.311 e. The van der Waals surface area contributed by atoms with Crippen molar-refractivity contribution in [2.75, 3.05) is 6.54 Å². The molecule has 0 bridgehead atoms. The second kappa shape index (κ2) is 4.67. The summed E-state index contributed by atoms with van der Waals surface area (Å²) in [5.41, 5.74) is 0.557. The first-order valence-electron chi connectivity index (χ1n) is 4.95. The van der Waals surface area contributed by atoms with Gasteiger partial charge in [-0.25, -0.2) is 0 Å². The average Bonchev–Trinajstić information content (AvgIpc) is 1.81. The molecule has 76 valence electrons. The fourth-order valence-electron chi connectivity index (χ4n) is 1.86. The van der Waals surface area contributed by atoms with Gasteiger partial charge < -0.3 is 5.32 Å². The van der Waals surface area contributed by atoms with Crippen LogP contribution in [0.25, 0.3) is 0 Å². The summed E-state index contributed by atoms with van der Waals surface area (Å²) in [6.07, 6.45) is 7.17. The van der Waals surface area contributed by atoms with Crippen LogP contribution in [0.2, 0.25) is 0 Å². The molecule has 1 nitrogen and oxygen atoms in total. The Morgan fingerprint density at radius 2 is 1.69 bits per heavy atom. The highest BCUT2D eigenvalue weighted by molar-refractivity contribution is 4.88. The van der Waals surface area contributed by atoms with Crippen LogP contribution in [-0.4, -0.2) is 12.1 Å². The van der Waals surface area contributed by atoms with Gasteiger partial charge in [0.05, 0.1) is 0 Å². The highest BCUT2D eigenvalue weighted by Gasteiger charge is 2.24. The van der Waals surface area contributed by atoms with Crippen LogP contribution < -0.4 is 5.32 Å². The van der Waals surface area contributed by atoms with Crippen LogP contribution in [0.4, 0.5) is 0 Å². The third-order valence-corrected chi connectivity index (χ3v) is 1.85. The summed E-state index contributed by atoms with van der Waals surface area (Å²) in [4.78, 5) is 0. The van der Waals surface area contributed by atoms with Crippen molar-refractivity contribution in [1.82, 2.24) is 5.32 Å². The lowest BCUT2D eigenvalue weighted by Gasteiger charge is -2.33. The molecule has 0 spiro atoms. The van der Waals surface area contributed by atoms with Crippen LogP contribution >= 0.6 is 0 Å². The van der Waals surface area contributed by atoms with Gasteiger partial charge >= 0.3 is 0 Å². The molecule has 0 aromatic rings. The Balaban J connectivity index is 3.88. The quantitative estimate of drug-likeness (QED) is 0.519. The zero-order valence-electron chi connectivity index (χ0n) is 9.70. The van der Waals surface area contributed by atoms with E-state index < -0.39 is 0 Å². The zero-order chi connectivity index (χ0) is 10.5. The van der Waals surface area contributed by atoms with Crippen molar-refractivity contribution >= 4 is 0 Å². The third-order valence-electron chi connectivity index (χ3n) is 1.85. The molecule has 0 rings (SSSR count). The average molecular weight is 181 g/mol. The molecular weight excluding hydrogens is 158 g/mol. The van der Waals surface area contributed by atoms with Gasteiger partial charge in [-0.05, 0) is 25.7 Å². The van der Waals surface area contributed by atoms with Gasteiger partial charge in [-0.3, -0.25) is 0 Å². The van der Waals surface area contributed by atoms with E-state index in [1.165, 1.54) is 0 Å². The Kier molecular flexibility index (Phi) is 4.50. The van der Waals surface area contributed by atoms with Crippen molar-refractivity contribution in [2.45, 2.75) is 53.0 Å². The Hall–Kier alpha value is -0.480. The monoisotopic (exact) mass is 181 g/mol. The standard InChI is InChI=1S/C12H23N/c1-7-8-9-13-12(5,6)10-11(2,3)4/h1,13H,8-10H2,2-6H3. The van der Waals surface area contributed by atoms with Gasteiger partial charge in [0.1, 0.15) is 0 Å². The first-order valence-corrected chi connectivity index (χ1v) is 4.95. The summed E-state index contributed by atoms with van der Waals surface area (Å²) in [6, 6.07) is 0. The topological polar surface area (TPSA) is 12.0 Å². The molecule has 0 saturated heterocycles. The second-order valence-electron chi connectivity index (χ2n) is 5.50. The van der Waals surface area contributed by atoms with Crippen molar-refractivity contribution < 1.29 is 0 Å². The molecule has 0 amide bonds. The normalized spacial score (nSPS) is 12.6. The van der Waals surface area contributed by atoms with E-state index in [0.29, 0.717) is 5.41 Å². The maximum atomic E-state index is 5.20. The lowest BCUT2D eigenvalue weighted by Crippen LogP contribution is -2.42. The molecule has 13 heavy (non-hydrogen) atoms. The van der Waals surface area contributed by atoms with Gasteiger partial charge in [0.25, 0.3) is 0 Å². The van der Waals surface area contributed by atoms with Crippen molar-refractivity contribution in [3.63, 3.8) is 0 Å². The number of hydrogen-bond acceptors (Lipinski definition) is 1. The molecule has 0 aromatic carbocycles. The van der Waals surface area contributed by atoms with E-state index in [4.69, 9.17) is 6.42 Å². The van der Waals surface area contributed by atoms with Gasteiger partial charge in [-0.15, -0.1) is 12.3 Å². The maximum Gasteiger partial charge on any atom is 0.0212 e. The predicted molar refractivity (Wildman–Crippen MR) is 59.6 cm³/mol. The van der Waals surface area contributed by atoms with Crippen molar-refractivity contribution in [3.05, 3.63) is 0 Å². The van der Waals surface area contributed by atoms with Gasteiger partial charge in [0.15, 0.2) is 0 Å². The molecule has 0 aliphatic rings. The zero-order valence-corrected chi connectivity index (χ0v) is 9.70. The molecule has 0 radical (unpaired) electrons. The first kappa shape index (κ1) is 12.5. The van der Waals surface area contributed by atoms with Crippen LogP contribution in [0, 0.1) is 17.8 Å². The fourth-order valence-corrected chi connectivity index (χ4v) is 1.86. The molecule has 0 fully saturated rings. The Morgan fingerprint density at radius 1 is 1.15 bits per heavy atom. The van der Waals surface area contributed by atoms with Gasteiger partial charge in [0, 0.05) is 18.5 Å². The van der Waals surface area contributed by atoms with E-state index in [0.717, 1.165) is 19.4 Å². The number of terminal acetylenes is 1. The molecule has 1 heteroatoms. The van der Waals surface area contributed by atoms with Gasteiger partial charge in [-0.1, -0.05) is 20.8 Å². The van der Waals surface area contributed by atoms with Gasteiger partial charge in [-0.2, -0.15) is 0 Å². The molecule has 0 heterocycles. The van der Waals surface area contributed by atoms with Crippen LogP contribution in [0.15, 0.2) is 0 Å². The van der Waals surface area contributed by atoms with E-state index in [1.807, 2.05) is 0 Å². The Bertz CT molecular complexity index is 178. The lowest BCUT2D eigenvalue weighted by atomic mass is 9.82. The van der Waals surface area contributed by atoms with E-state index in [9.17, 15) is 0 Å². The summed E-state index contributed by atoms with van der Waals surface area (Å²) in [6.45, 7) is 12.2. The summed E-state index contributed by atoms with van der Waals surface area (Å²) < 4.78 is 0. The van der Waals surface area contributed by atoms with Crippen molar-refractivity contribution in [1.29, 1.82) is 0 Å². The fraction of sp³-hybridized carbons (Fsp3) is 0.833. The summed E-state index contributed by atoms with van der Waals surface area (Å²) in [5.74, 6) is 2.64. The number of nitrogens with one attached hydrogen (secondary N) is 1. The molecule has 1 N–H and O–H groups in total. The molecular formula is C12H23N. The smallest absolute Gasteiger partial charge is 0.0212 e. The number of hydrogen-bond donors (Lipinski definition) is 1. The minimum absolute atomic E-state index is 0.190. The third kappa shape index (κ3) is 7.87. The molecule has 0 aliphatic heterocycles. The first-order chi connectivity index (χ1) is 5.77. The van der Waals surface area contributed by atoms with Crippen LogP contribution in [0.5, 0.6) is 0 Å². The van der Waals surface area contributed by atoms with E-state index in [2.05, 4.69) is 45.9 Å². The van der Waals surface area contributed by atoms with E-state index in [-0.39, 0.29) is 5.54 Å². The van der Waals surface area contributed by atoms with Crippen LogP contribution in [-0.2, 0) is 0 Å². The second-order valence-corrected chi connectivity index (χ2v) is 5.50. The van der Waals surface area contributed by atoms with Crippen LogP contribution in [0.1, 0.15) is 47.5 Å².